The number of amides is 1. The first-order valence-corrected chi connectivity index (χ1v) is 10.2. The molecule has 2 aromatic heterocycles. The molecule has 0 saturated carbocycles. The number of hydrogen-bond acceptors (Lipinski definition) is 7. The van der Waals surface area contributed by atoms with E-state index in [4.69, 9.17) is 4.42 Å². The van der Waals surface area contributed by atoms with Gasteiger partial charge in [-0.1, -0.05) is 6.07 Å². The van der Waals surface area contributed by atoms with E-state index in [0.29, 0.717) is 35.8 Å². The Hall–Kier alpha value is -2.65. The Morgan fingerprint density at radius 1 is 1.29 bits per heavy atom. The summed E-state index contributed by atoms with van der Waals surface area (Å²) >= 11 is 1.52. The van der Waals surface area contributed by atoms with E-state index in [0.717, 1.165) is 29.8 Å². The third-order valence-corrected chi connectivity index (χ3v) is 6.47. The molecule has 2 saturated heterocycles. The van der Waals surface area contributed by atoms with Crippen molar-refractivity contribution in [3.05, 3.63) is 29.3 Å². The van der Waals surface area contributed by atoms with Crippen LogP contribution in [0, 0.1) is 0 Å². The number of hydrogen-bond donors (Lipinski definition) is 2. The number of oxazole rings is 1. The number of nitrogens with zero attached hydrogens (tertiary/aromatic N) is 4. The number of aliphatic hydroxyl groups excluding tert-OH is 1. The van der Waals surface area contributed by atoms with Gasteiger partial charge in [-0.05, 0) is 25.3 Å². The summed E-state index contributed by atoms with van der Waals surface area (Å²) in [6, 6.07) is 4.14. The summed E-state index contributed by atoms with van der Waals surface area (Å²) in [5, 5.41) is 22.0. The second-order valence-electron chi connectivity index (χ2n) is 7.28. The molecule has 1 aromatic carbocycles. The van der Waals surface area contributed by atoms with Gasteiger partial charge < -0.3 is 19.5 Å². The van der Waals surface area contributed by atoms with Crippen molar-refractivity contribution < 1.29 is 19.4 Å². The molecule has 1 amide bonds. The number of carbonyl (C=O) groups is 1. The van der Waals surface area contributed by atoms with Crippen LogP contribution >= 0.6 is 11.3 Å². The summed E-state index contributed by atoms with van der Waals surface area (Å²) in [6.07, 6.45) is 3.65. The Balaban J connectivity index is 1.55. The molecule has 2 fully saturated rings. The van der Waals surface area contributed by atoms with E-state index in [1.165, 1.54) is 11.3 Å². The van der Waals surface area contributed by atoms with Gasteiger partial charge in [-0.15, -0.1) is 11.3 Å². The number of aromatic nitrogens is 2. The smallest absolute Gasteiger partial charge is 0.407 e. The quantitative estimate of drug-likeness (QED) is 0.696. The van der Waals surface area contributed by atoms with Crippen molar-refractivity contribution in [3.63, 3.8) is 0 Å². The molecule has 2 bridgehead atoms. The largest absolute Gasteiger partial charge is 0.465 e. The SMILES string of the molecule is O=C(O)N1C2CCCC1CN(c1nc3c(CO)ccc(-c4nccs4)c3o1)C2. The topological polar surface area (TPSA) is 103 Å². The first-order chi connectivity index (χ1) is 13.7. The highest BCUT2D eigenvalue weighted by molar-refractivity contribution is 7.13. The molecule has 2 N–H and O–H groups in total. The Labute approximate surface area is 165 Å². The molecular formula is C19H20N4O4S. The van der Waals surface area contributed by atoms with Crippen LogP contribution in [0.3, 0.4) is 0 Å². The van der Waals surface area contributed by atoms with E-state index in [1.807, 2.05) is 22.4 Å². The Kier molecular flexibility index (Phi) is 4.21. The van der Waals surface area contributed by atoms with Crippen molar-refractivity contribution in [2.75, 3.05) is 18.0 Å². The van der Waals surface area contributed by atoms with E-state index in [-0.39, 0.29) is 18.7 Å². The van der Waals surface area contributed by atoms with Gasteiger partial charge in [0.05, 0.1) is 24.3 Å². The van der Waals surface area contributed by atoms with Gasteiger partial charge in [0.15, 0.2) is 5.58 Å². The van der Waals surface area contributed by atoms with Gasteiger partial charge in [-0.25, -0.2) is 9.78 Å². The number of anilines is 1. The fourth-order valence-electron chi connectivity index (χ4n) is 4.41. The van der Waals surface area contributed by atoms with Crippen LogP contribution in [-0.2, 0) is 6.61 Å². The van der Waals surface area contributed by atoms with Crippen LogP contribution in [0.2, 0.25) is 0 Å². The van der Waals surface area contributed by atoms with E-state index in [2.05, 4.69) is 9.97 Å². The number of carboxylic acid groups (broad SMARTS) is 1. The minimum absolute atomic E-state index is 0.0456. The number of aliphatic hydroxyl groups is 1. The predicted molar refractivity (Wildman–Crippen MR) is 105 cm³/mol. The molecule has 2 aliphatic heterocycles. The van der Waals surface area contributed by atoms with Crippen molar-refractivity contribution in [2.45, 2.75) is 38.0 Å². The molecule has 0 spiro atoms. The van der Waals surface area contributed by atoms with Crippen LogP contribution in [0.1, 0.15) is 24.8 Å². The first-order valence-electron chi connectivity index (χ1n) is 9.35. The summed E-state index contributed by atoms with van der Waals surface area (Å²) < 4.78 is 6.17. The molecular weight excluding hydrogens is 380 g/mol. The highest BCUT2D eigenvalue weighted by atomic mass is 32.1. The van der Waals surface area contributed by atoms with Gasteiger partial charge in [0.2, 0.25) is 0 Å². The Morgan fingerprint density at radius 3 is 2.71 bits per heavy atom. The summed E-state index contributed by atoms with van der Waals surface area (Å²) in [6.45, 7) is 1.01. The zero-order valence-corrected chi connectivity index (χ0v) is 15.9. The summed E-state index contributed by atoms with van der Waals surface area (Å²) in [7, 11) is 0. The average molecular weight is 400 g/mol. The zero-order valence-electron chi connectivity index (χ0n) is 15.1. The molecule has 0 radical (unpaired) electrons. The molecule has 8 nitrogen and oxygen atoms in total. The van der Waals surface area contributed by atoms with Gasteiger partial charge >= 0.3 is 6.09 Å². The lowest BCUT2D eigenvalue weighted by atomic mass is 9.92. The lowest BCUT2D eigenvalue weighted by molar-refractivity contribution is 0.0593. The molecule has 2 unspecified atom stereocenters. The fraction of sp³-hybridized carbons (Fsp3) is 0.421. The number of benzene rings is 1. The molecule has 146 valence electrons. The van der Waals surface area contributed by atoms with Gasteiger partial charge in [0, 0.05) is 30.2 Å². The second kappa shape index (κ2) is 6.75. The monoisotopic (exact) mass is 400 g/mol. The zero-order chi connectivity index (χ0) is 19.3. The van der Waals surface area contributed by atoms with E-state index < -0.39 is 6.09 Å². The van der Waals surface area contributed by atoms with Crippen molar-refractivity contribution in [1.29, 1.82) is 0 Å². The summed E-state index contributed by atoms with van der Waals surface area (Å²) in [4.78, 5) is 24.3. The summed E-state index contributed by atoms with van der Waals surface area (Å²) in [5.74, 6) is 0. The highest BCUT2D eigenvalue weighted by Crippen LogP contribution is 2.37. The van der Waals surface area contributed by atoms with Gasteiger partial charge in [0.25, 0.3) is 6.01 Å². The molecule has 9 heteroatoms. The lowest BCUT2D eigenvalue weighted by Crippen LogP contribution is -2.62. The van der Waals surface area contributed by atoms with Crippen LogP contribution in [0.5, 0.6) is 0 Å². The maximum Gasteiger partial charge on any atom is 0.407 e. The highest BCUT2D eigenvalue weighted by Gasteiger charge is 2.41. The van der Waals surface area contributed by atoms with Crippen LogP contribution in [0.15, 0.2) is 28.1 Å². The fourth-order valence-corrected chi connectivity index (χ4v) is 5.07. The van der Waals surface area contributed by atoms with Crippen molar-refractivity contribution in [3.8, 4) is 10.6 Å². The Bertz CT molecular complexity index is 1000. The summed E-state index contributed by atoms with van der Waals surface area (Å²) in [5.41, 5.74) is 2.80. The van der Waals surface area contributed by atoms with Gasteiger partial charge in [0.1, 0.15) is 10.5 Å². The standard InChI is InChI=1S/C19H20N4O4S/c24-10-11-4-5-14(17-20-6-7-28-17)16-15(11)21-18(27-16)22-8-12-2-1-3-13(9-22)23(12)19(25)26/h4-7,12-13,24H,1-3,8-10H2,(H,25,26). The molecule has 2 aliphatic rings. The normalized spacial score (nSPS) is 22.0. The number of fused-ring (bicyclic) bond motifs is 3. The average Bonchev–Trinajstić information content (AvgIpc) is 3.36. The van der Waals surface area contributed by atoms with Crippen molar-refractivity contribution in [2.24, 2.45) is 0 Å². The number of piperidine rings is 1. The van der Waals surface area contributed by atoms with Gasteiger partial charge in [-0.2, -0.15) is 4.98 Å². The number of piperazine rings is 1. The number of thiazole rings is 1. The maximum atomic E-state index is 11.6. The van der Waals surface area contributed by atoms with Crippen LogP contribution < -0.4 is 4.90 Å². The van der Waals surface area contributed by atoms with E-state index in [1.54, 1.807) is 11.1 Å². The first kappa shape index (κ1) is 17.4. The molecule has 5 rings (SSSR count). The van der Waals surface area contributed by atoms with Crippen molar-refractivity contribution in [1.82, 2.24) is 14.9 Å². The van der Waals surface area contributed by atoms with E-state index >= 15 is 0 Å². The molecule has 3 aromatic rings. The minimum Gasteiger partial charge on any atom is -0.465 e. The molecule has 0 aliphatic carbocycles. The van der Waals surface area contributed by atoms with Crippen LogP contribution in [0.25, 0.3) is 21.7 Å². The third kappa shape index (κ3) is 2.73. The maximum absolute atomic E-state index is 11.6. The third-order valence-electron chi connectivity index (χ3n) is 5.66. The minimum atomic E-state index is -0.847. The van der Waals surface area contributed by atoms with Crippen LogP contribution in [-0.4, -0.2) is 56.3 Å². The second-order valence-corrected chi connectivity index (χ2v) is 8.17. The predicted octanol–water partition coefficient (Wildman–Crippen LogP) is 3.16. The Morgan fingerprint density at radius 2 is 2.07 bits per heavy atom. The van der Waals surface area contributed by atoms with E-state index in [9.17, 15) is 15.0 Å². The lowest BCUT2D eigenvalue weighted by Gasteiger charge is -2.48. The molecule has 4 heterocycles. The van der Waals surface area contributed by atoms with Gasteiger partial charge in [-0.3, -0.25) is 4.90 Å². The molecule has 28 heavy (non-hydrogen) atoms. The molecule has 2 atom stereocenters. The number of rotatable bonds is 3. The van der Waals surface area contributed by atoms with Crippen LogP contribution in [0.4, 0.5) is 10.8 Å². The van der Waals surface area contributed by atoms with Crippen molar-refractivity contribution >= 4 is 34.5 Å².